The van der Waals surface area contributed by atoms with E-state index in [1.54, 1.807) is 7.11 Å². The van der Waals surface area contributed by atoms with E-state index in [0.717, 1.165) is 18.8 Å². The van der Waals surface area contributed by atoms with Crippen molar-refractivity contribution < 1.29 is 9.47 Å². The van der Waals surface area contributed by atoms with Crippen LogP contribution in [-0.2, 0) is 4.74 Å². The lowest BCUT2D eigenvalue weighted by molar-refractivity contribution is -0.0694. The predicted octanol–water partition coefficient (Wildman–Crippen LogP) is 2.22. The molecule has 0 unspecified atom stereocenters. The number of benzene rings is 1. The predicted molar refractivity (Wildman–Crippen MR) is 68.4 cm³/mol. The minimum Gasteiger partial charge on any atom is -0.492 e. The van der Waals surface area contributed by atoms with Crippen LogP contribution in [0.4, 0.5) is 0 Å². The van der Waals surface area contributed by atoms with E-state index >= 15 is 0 Å². The van der Waals surface area contributed by atoms with Gasteiger partial charge in [-0.15, -0.1) is 0 Å². The first-order chi connectivity index (χ1) is 8.35. The Bertz CT molecular complexity index is 317. The second kappa shape index (κ2) is 6.03. The van der Waals surface area contributed by atoms with Gasteiger partial charge in [0.15, 0.2) is 0 Å². The lowest BCUT2D eigenvalue weighted by Gasteiger charge is -2.40. The van der Waals surface area contributed by atoms with Crippen molar-refractivity contribution >= 4 is 0 Å². The van der Waals surface area contributed by atoms with Gasteiger partial charge >= 0.3 is 0 Å². The molecule has 1 N–H and O–H groups in total. The van der Waals surface area contributed by atoms with Gasteiger partial charge in [0.25, 0.3) is 0 Å². The van der Waals surface area contributed by atoms with E-state index in [-0.39, 0.29) is 5.60 Å². The number of rotatable bonds is 7. The van der Waals surface area contributed by atoms with Crippen molar-refractivity contribution in [2.24, 2.45) is 0 Å². The van der Waals surface area contributed by atoms with Gasteiger partial charge in [0.2, 0.25) is 0 Å². The van der Waals surface area contributed by atoms with Crippen molar-refractivity contribution in [2.45, 2.75) is 24.9 Å². The Morgan fingerprint density at radius 3 is 2.59 bits per heavy atom. The molecule has 2 rings (SSSR count). The summed E-state index contributed by atoms with van der Waals surface area (Å²) >= 11 is 0. The van der Waals surface area contributed by atoms with Crippen LogP contribution >= 0.6 is 0 Å². The molecule has 0 atom stereocenters. The maximum absolute atomic E-state index is 5.60. The number of ether oxygens (including phenoxy) is 2. The van der Waals surface area contributed by atoms with Crippen LogP contribution in [0, 0.1) is 0 Å². The normalized spacial score (nSPS) is 17.5. The minimum absolute atomic E-state index is 0.104. The monoisotopic (exact) mass is 235 g/mol. The lowest BCUT2D eigenvalue weighted by atomic mass is 9.80. The van der Waals surface area contributed by atoms with E-state index < -0.39 is 0 Å². The average molecular weight is 235 g/mol. The van der Waals surface area contributed by atoms with Crippen LogP contribution in [0.25, 0.3) is 0 Å². The standard InChI is InChI=1S/C14H21NO2/c1-16-14(8-5-9-14)12-15-10-11-17-13-6-3-2-4-7-13/h2-4,6-7,15H,5,8-12H2,1H3. The summed E-state index contributed by atoms with van der Waals surface area (Å²) in [5, 5.41) is 3.40. The summed E-state index contributed by atoms with van der Waals surface area (Å²) in [6.07, 6.45) is 3.64. The van der Waals surface area contributed by atoms with Crippen LogP contribution in [0.15, 0.2) is 30.3 Å². The molecule has 0 aliphatic heterocycles. The van der Waals surface area contributed by atoms with E-state index in [2.05, 4.69) is 5.32 Å². The van der Waals surface area contributed by atoms with Crippen molar-refractivity contribution in [1.82, 2.24) is 5.32 Å². The maximum Gasteiger partial charge on any atom is 0.119 e. The Morgan fingerprint density at radius 1 is 1.24 bits per heavy atom. The quantitative estimate of drug-likeness (QED) is 0.735. The molecule has 1 aromatic rings. The third kappa shape index (κ3) is 3.45. The summed E-state index contributed by atoms with van der Waals surface area (Å²) in [7, 11) is 1.81. The van der Waals surface area contributed by atoms with Gasteiger partial charge < -0.3 is 14.8 Å². The zero-order valence-electron chi connectivity index (χ0n) is 10.4. The molecule has 1 saturated carbocycles. The summed E-state index contributed by atoms with van der Waals surface area (Å²) in [6, 6.07) is 9.91. The lowest BCUT2D eigenvalue weighted by Crippen LogP contribution is -2.48. The molecule has 1 aliphatic carbocycles. The average Bonchev–Trinajstić information content (AvgIpc) is 2.33. The minimum atomic E-state index is 0.104. The number of nitrogens with one attached hydrogen (secondary N) is 1. The van der Waals surface area contributed by atoms with Gasteiger partial charge in [-0.3, -0.25) is 0 Å². The van der Waals surface area contributed by atoms with E-state index in [1.165, 1.54) is 19.3 Å². The molecule has 3 heteroatoms. The molecule has 1 aliphatic rings. The van der Waals surface area contributed by atoms with Crippen LogP contribution in [0.3, 0.4) is 0 Å². The fourth-order valence-electron chi connectivity index (χ4n) is 2.10. The van der Waals surface area contributed by atoms with E-state index in [9.17, 15) is 0 Å². The van der Waals surface area contributed by atoms with Crippen molar-refractivity contribution in [2.75, 3.05) is 26.8 Å². The van der Waals surface area contributed by atoms with Crippen molar-refractivity contribution in [3.63, 3.8) is 0 Å². The number of hydrogen-bond donors (Lipinski definition) is 1. The van der Waals surface area contributed by atoms with Gasteiger partial charge in [0.05, 0.1) is 5.60 Å². The molecule has 17 heavy (non-hydrogen) atoms. The highest BCUT2D eigenvalue weighted by molar-refractivity contribution is 5.20. The van der Waals surface area contributed by atoms with E-state index in [0.29, 0.717) is 6.61 Å². The molecule has 1 aromatic carbocycles. The summed E-state index contributed by atoms with van der Waals surface area (Å²) in [5.41, 5.74) is 0.104. The molecular weight excluding hydrogens is 214 g/mol. The largest absolute Gasteiger partial charge is 0.492 e. The van der Waals surface area contributed by atoms with Crippen LogP contribution in [0.2, 0.25) is 0 Å². The Hall–Kier alpha value is -1.06. The maximum atomic E-state index is 5.60. The highest BCUT2D eigenvalue weighted by Gasteiger charge is 2.36. The Labute approximate surface area is 103 Å². The molecule has 0 spiro atoms. The Balaban J connectivity index is 1.58. The van der Waals surface area contributed by atoms with Crippen LogP contribution < -0.4 is 10.1 Å². The van der Waals surface area contributed by atoms with Crippen LogP contribution in [-0.4, -0.2) is 32.4 Å². The van der Waals surface area contributed by atoms with Crippen molar-refractivity contribution in [3.05, 3.63) is 30.3 Å². The molecule has 0 heterocycles. The third-order valence-electron chi connectivity index (χ3n) is 3.44. The zero-order valence-corrected chi connectivity index (χ0v) is 10.4. The van der Waals surface area contributed by atoms with Gasteiger partial charge in [-0.25, -0.2) is 0 Å². The van der Waals surface area contributed by atoms with E-state index in [4.69, 9.17) is 9.47 Å². The topological polar surface area (TPSA) is 30.5 Å². The Kier molecular flexibility index (Phi) is 4.40. The molecule has 0 radical (unpaired) electrons. The van der Waals surface area contributed by atoms with Gasteiger partial charge in [0.1, 0.15) is 12.4 Å². The number of methoxy groups -OCH3 is 1. The number of para-hydroxylation sites is 1. The third-order valence-corrected chi connectivity index (χ3v) is 3.44. The highest BCUT2D eigenvalue weighted by Crippen LogP contribution is 2.34. The summed E-state index contributed by atoms with van der Waals surface area (Å²) in [5.74, 6) is 0.930. The van der Waals surface area contributed by atoms with Crippen molar-refractivity contribution in [1.29, 1.82) is 0 Å². The first-order valence-electron chi connectivity index (χ1n) is 6.28. The van der Waals surface area contributed by atoms with Crippen LogP contribution in [0.5, 0.6) is 5.75 Å². The van der Waals surface area contributed by atoms with E-state index in [1.807, 2.05) is 30.3 Å². The summed E-state index contributed by atoms with van der Waals surface area (Å²) in [6.45, 7) is 2.49. The zero-order chi connectivity index (χ0) is 12.0. The molecule has 0 amide bonds. The molecule has 94 valence electrons. The first-order valence-corrected chi connectivity index (χ1v) is 6.28. The van der Waals surface area contributed by atoms with Gasteiger partial charge in [-0.05, 0) is 31.4 Å². The molecule has 1 fully saturated rings. The fraction of sp³-hybridized carbons (Fsp3) is 0.571. The van der Waals surface area contributed by atoms with Gasteiger partial charge in [-0.1, -0.05) is 18.2 Å². The molecule has 3 nitrogen and oxygen atoms in total. The second-order valence-corrected chi connectivity index (χ2v) is 4.58. The molecule has 0 saturated heterocycles. The summed E-state index contributed by atoms with van der Waals surface area (Å²) in [4.78, 5) is 0. The Morgan fingerprint density at radius 2 is 2.00 bits per heavy atom. The number of hydrogen-bond acceptors (Lipinski definition) is 3. The molecular formula is C14H21NO2. The van der Waals surface area contributed by atoms with Gasteiger partial charge in [0, 0.05) is 20.2 Å². The summed E-state index contributed by atoms with van der Waals surface area (Å²) < 4.78 is 11.1. The second-order valence-electron chi connectivity index (χ2n) is 4.58. The SMILES string of the molecule is COC1(CNCCOc2ccccc2)CCC1. The molecule has 0 aromatic heterocycles. The van der Waals surface area contributed by atoms with Crippen LogP contribution in [0.1, 0.15) is 19.3 Å². The highest BCUT2D eigenvalue weighted by atomic mass is 16.5. The molecule has 0 bridgehead atoms. The van der Waals surface area contributed by atoms with Crippen molar-refractivity contribution in [3.8, 4) is 5.75 Å². The van der Waals surface area contributed by atoms with Gasteiger partial charge in [-0.2, -0.15) is 0 Å². The first kappa shape index (κ1) is 12.4. The smallest absolute Gasteiger partial charge is 0.119 e. The fourth-order valence-corrected chi connectivity index (χ4v) is 2.10.